The van der Waals surface area contributed by atoms with E-state index in [0.717, 1.165) is 46.7 Å². The fourth-order valence-electron chi connectivity index (χ4n) is 2.72. The van der Waals surface area contributed by atoms with E-state index in [1.165, 1.54) is 4.88 Å². The van der Waals surface area contributed by atoms with E-state index in [2.05, 4.69) is 43.7 Å². The summed E-state index contributed by atoms with van der Waals surface area (Å²) in [6, 6.07) is 6.08. The standard InChI is InChI=1S/C19H25N7S.HI/c1-13-9-14(2)26(25-13)17-6-5-16(11-22-17)12-24-19(20-4)21-8-7-18-23-10-15(3)27-18;/h5-6,9-11H,7-8,12H2,1-4H3,(H2,20,21,24);1H. The molecule has 0 aromatic carbocycles. The van der Waals surface area contributed by atoms with E-state index in [4.69, 9.17) is 0 Å². The number of aromatic nitrogens is 4. The lowest BCUT2D eigenvalue weighted by Gasteiger charge is -2.11. The van der Waals surface area contributed by atoms with Gasteiger partial charge in [-0.15, -0.1) is 35.3 Å². The molecule has 0 saturated heterocycles. The van der Waals surface area contributed by atoms with Gasteiger partial charge in [0.25, 0.3) is 0 Å². The Labute approximate surface area is 186 Å². The van der Waals surface area contributed by atoms with Crippen LogP contribution >= 0.6 is 35.3 Å². The molecule has 0 fully saturated rings. The van der Waals surface area contributed by atoms with Crippen molar-refractivity contribution in [1.82, 2.24) is 30.4 Å². The second kappa shape index (κ2) is 10.5. The number of hydrogen-bond acceptors (Lipinski definition) is 5. The minimum Gasteiger partial charge on any atom is -0.356 e. The summed E-state index contributed by atoms with van der Waals surface area (Å²) in [7, 11) is 1.77. The number of nitrogens with one attached hydrogen (secondary N) is 2. The van der Waals surface area contributed by atoms with Crippen molar-refractivity contribution in [3.63, 3.8) is 0 Å². The molecule has 2 N–H and O–H groups in total. The van der Waals surface area contributed by atoms with Gasteiger partial charge in [-0.25, -0.2) is 14.6 Å². The molecule has 9 heteroatoms. The first-order valence-electron chi connectivity index (χ1n) is 8.89. The summed E-state index contributed by atoms with van der Waals surface area (Å²) in [4.78, 5) is 14.4. The van der Waals surface area contributed by atoms with Crippen LogP contribution in [0.3, 0.4) is 0 Å². The van der Waals surface area contributed by atoms with Crippen molar-refractivity contribution < 1.29 is 0 Å². The topological polar surface area (TPSA) is 80.0 Å². The first-order chi connectivity index (χ1) is 13.0. The molecule has 150 valence electrons. The SMILES string of the molecule is CN=C(NCCc1ncc(C)s1)NCc1ccc(-n2nc(C)cc2C)nc1.I. The molecule has 0 saturated carbocycles. The maximum atomic E-state index is 4.52. The van der Waals surface area contributed by atoms with E-state index in [9.17, 15) is 0 Å². The van der Waals surface area contributed by atoms with Crippen molar-refractivity contribution in [3.8, 4) is 5.82 Å². The zero-order valence-electron chi connectivity index (χ0n) is 16.6. The highest BCUT2D eigenvalue weighted by Crippen LogP contribution is 2.11. The van der Waals surface area contributed by atoms with Gasteiger partial charge in [-0.3, -0.25) is 4.99 Å². The smallest absolute Gasteiger partial charge is 0.191 e. The Bertz CT molecular complexity index is 915. The Balaban J connectivity index is 0.00000280. The fourth-order valence-corrected chi connectivity index (χ4v) is 3.51. The molecule has 0 bridgehead atoms. The summed E-state index contributed by atoms with van der Waals surface area (Å²) < 4.78 is 1.85. The van der Waals surface area contributed by atoms with Crippen LogP contribution in [0, 0.1) is 20.8 Å². The fraction of sp³-hybridized carbons (Fsp3) is 0.368. The van der Waals surface area contributed by atoms with E-state index < -0.39 is 0 Å². The van der Waals surface area contributed by atoms with Gasteiger partial charge in [0.2, 0.25) is 0 Å². The van der Waals surface area contributed by atoms with E-state index in [0.29, 0.717) is 6.54 Å². The molecule has 0 spiro atoms. The van der Waals surface area contributed by atoms with Gasteiger partial charge in [0.05, 0.1) is 10.7 Å². The first kappa shape index (κ1) is 22.3. The quantitative estimate of drug-likeness (QED) is 0.302. The molecular weight excluding hydrogens is 485 g/mol. The Morgan fingerprint density at radius 1 is 1.14 bits per heavy atom. The second-order valence-electron chi connectivity index (χ2n) is 6.33. The number of guanidine groups is 1. The summed E-state index contributed by atoms with van der Waals surface area (Å²) in [5.41, 5.74) is 3.15. The van der Waals surface area contributed by atoms with Crippen LogP contribution in [0.1, 0.15) is 26.8 Å². The molecule has 0 radical (unpaired) electrons. The van der Waals surface area contributed by atoms with Gasteiger partial charge in [0.1, 0.15) is 0 Å². The highest BCUT2D eigenvalue weighted by molar-refractivity contribution is 14.0. The average Bonchev–Trinajstić information content (AvgIpc) is 3.23. The Morgan fingerprint density at radius 3 is 2.54 bits per heavy atom. The van der Waals surface area contributed by atoms with Crippen LogP contribution in [0.4, 0.5) is 0 Å². The maximum absolute atomic E-state index is 4.52. The van der Waals surface area contributed by atoms with Crippen molar-refractivity contribution in [2.45, 2.75) is 33.7 Å². The molecule has 0 aliphatic heterocycles. The molecular formula is C19H26IN7S. The van der Waals surface area contributed by atoms with Crippen molar-refractivity contribution in [2.75, 3.05) is 13.6 Å². The number of hydrogen-bond donors (Lipinski definition) is 2. The van der Waals surface area contributed by atoms with Crippen molar-refractivity contribution in [3.05, 3.63) is 57.4 Å². The zero-order chi connectivity index (χ0) is 19.2. The Morgan fingerprint density at radius 2 is 1.96 bits per heavy atom. The molecule has 3 heterocycles. The van der Waals surface area contributed by atoms with Gasteiger partial charge in [0, 0.05) is 49.5 Å². The highest BCUT2D eigenvalue weighted by atomic mass is 127. The molecule has 3 aromatic heterocycles. The van der Waals surface area contributed by atoms with Gasteiger partial charge >= 0.3 is 0 Å². The molecule has 3 aromatic rings. The van der Waals surface area contributed by atoms with Gasteiger partial charge in [-0.05, 0) is 38.5 Å². The summed E-state index contributed by atoms with van der Waals surface area (Å²) in [6.45, 7) is 7.53. The lowest BCUT2D eigenvalue weighted by molar-refractivity contribution is 0.782. The second-order valence-corrected chi connectivity index (χ2v) is 7.65. The van der Waals surface area contributed by atoms with Crippen LogP contribution in [0.15, 0.2) is 35.6 Å². The van der Waals surface area contributed by atoms with Crippen LogP contribution in [0.25, 0.3) is 5.82 Å². The van der Waals surface area contributed by atoms with E-state index in [1.807, 2.05) is 43.1 Å². The van der Waals surface area contributed by atoms with E-state index in [1.54, 1.807) is 18.4 Å². The Kier molecular flexibility index (Phi) is 8.36. The van der Waals surface area contributed by atoms with Crippen molar-refractivity contribution in [1.29, 1.82) is 0 Å². The summed E-state index contributed by atoms with van der Waals surface area (Å²) in [5, 5.41) is 12.2. The average molecular weight is 511 g/mol. The lowest BCUT2D eigenvalue weighted by atomic mass is 10.3. The number of halogens is 1. The van der Waals surface area contributed by atoms with Crippen LogP contribution < -0.4 is 10.6 Å². The molecule has 0 atom stereocenters. The molecule has 0 aliphatic rings. The predicted molar refractivity (Wildman–Crippen MR) is 125 cm³/mol. The van der Waals surface area contributed by atoms with Gasteiger partial charge in [0.15, 0.2) is 11.8 Å². The molecule has 7 nitrogen and oxygen atoms in total. The molecule has 0 amide bonds. The number of pyridine rings is 1. The van der Waals surface area contributed by atoms with Crippen LogP contribution in [-0.4, -0.2) is 39.3 Å². The maximum Gasteiger partial charge on any atom is 0.191 e. The summed E-state index contributed by atoms with van der Waals surface area (Å²) >= 11 is 1.73. The minimum absolute atomic E-state index is 0. The lowest BCUT2D eigenvalue weighted by Crippen LogP contribution is -2.37. The monoisotopic (exact) mass is 511 g/mol. The third-order valence-electron chi connectivity index (χ3n) is 4.02. The van der Waals surface area contributed by atoms with Gasteiger partial charge < -0.3 is 10.6 Å². The number of rotatable bonds is 6. The summed E-state index contributed by atoms with van der Waals surface area (Å²) in [6.07, 6.45) is 4.66. The van der Waals surface area contributed by atoms with Gasteiger partial charge in [-0.1, -0.05) is 6.07 Å². The molecule has 28 heavy (non-hydrogen) atoms. The number of aliphatic imine (C=N–C) groups is 1. The number of nitrogens with zero attached hydrogens (tertiary/aromatic N) is 5. The number of aryl methyl sites for hydroxylation is 3. The third kappa shape index (κ3) is 5.99. The summed E-state index contributed by atoms with van der Waals surface area (Å²) in [5.74, 6) is 1.59. The zero-order valence-corrected chi connectivity index (χ0v) is 19.7. The predicted octanol–water partition coefficient (Wildman–Crippen LogP) is 3.17. The van der Waals surface area contributed by atoms with Crippen LogP contribution in [0.5, 0.6) is 0 Å². The largest absolute Gasteiger partial charge is 0.356 e. The normalized spacial score (nSPS) is 11.2. The van der Waals surface area contributed by atoms with E-state index >= 15 is 0 Å². The molecule has 0 unspecified atom stereocenters. The van der Waals surface area contributed by atoms with Crippen molar-refractivity contribution in [2.24, 2.45) is 4.99 Å². The van der Waals surface area contributed by atoms with Crippen molar-refractivity contribution >= 4 is 41.3 Å². The molecule has 0 aliphatic carbocycles. The molecule has 3 rings (SSSR count). The highest BCUT2D eigenvalue weighted by Gasteiger charge is 2.05. The van der Waals surface area contributed by atoms with E-state index in [-0.39, 0.29) is 24.0 Å². The van der Waals surface area contributed by atoms with Gasteiger partial charge in [-0.2, -0.15) is 5.10 Å². The number of thiazole rings is 1. The first-order valence-corrected chi connectivity index (χ1v) is 9.71. The van der Waals surface area contributed by atoms with Crippen LogP contribution in [0.2, 0.25) is 0 Å². The van der Waals surface area contributed by atoms with Crippen LogP contribution in [-0.2, 0) is 13.0 Å². The third-order valence-corrected chi connectivity index (χ3v) is 4.99. The minimum atomic E-state index is 0. The Hall–Kier alpha value is -2.01.